The van der Waals surface area contributed by atoms with E-state index in [0.29, 0.717) is 17.0 Å². The third kappa shape index (κ3) is 4.80. The van der Waals surface area contributed by atoms with Crippen LogP contribution >= 0.6 is 11.8 Å². The molecule has 140 valence electrons. The fourth-order valence-corrected chi connectivity index (χ4v) is 3.37. The molecule has 0 spiro atoms. The fourth-order valence-electron chi connectivity index (χ4n) is 2.61. The first-order chi connectivity index (χ1) is 12.7. The second-order valence-corrected chi connectivity index (χ2v) is 7.28. The number of hydrogen-bond donors (Lipinski definition) is 0. The van der Waals surface area contributed by atoms with Crippen LogP contribution in [0.2, 0.25) is 0 Å². The maximum atomic E-state index is 12.9. The molecule has 2 aromatic carbocycles. The quantitative estimate of drug-likeness (QED) is 0.552. The van der Waals surface area contributed by atoms with Crippen molar-refractivity contribution in [2.24, 2.45) is 0 Å². The van der Waals surface area contributed by atoms with Crippen LogP contribution in [0, 0.1) is 13.8 Å². The molecule has 0 radical (unpaired) electrons. The van der Waals surface area contributed by atoms with E-state index in [4.69, 9.17) is 0 Å². The largest absolute Gasteiger partial charge is 0.416 e. The molecule has 0 saturated carbocycles. The molecule has 1 heterocycles. The van der Waals surface area contributed by atoms with E-state index >= 15 is 0 Å². The van der Waals surface area contributed by atoms with Gasteiger partial charge in [0.1, 0.15) is 5.69 Å². The van der Waals surface area contributed by atoms with Crippen LogP contribution in [0.25, 0.3) is 0 Å². The molecule has 0 aliphatic heterocycles. The summed E-state index contributed by atoms with van der Waals surface area (Å²) in [4.78, 5) is 13.5. The highest BCUT2D eigenvalue weighted by atomic mass is 32.2. The van der Waals surface area contributed by atoms with E-state index in [1.807, 2.05) is 31.2 Å². The Hall–Kier alpha value is -2.54. The Labute approximate surface area is 159 Å². The first-order valence-corrected chi connectivity index (χ1v) is 9.03. The second-order valence-electron chi connectivity index (χ2n) is 6.23. The summed E-state index contributed by atoms with van der Waals surface area (Å²) in [6, 6.07) is 14.3. The first kappa shape index (κ1) is 19.2. The van der Waals surface area contributed by atoms with Crippen LogP contribution < -0.4 is 0 Å². The molecule has 0 amide bonds. The summed E-state index contributed by atoms with van der Waals surface area (Å²) in [6.07, 6.45) is -4.41. The van der Waals surface area contributed by atoms with Gasteiger partial charge in [-0.15, -0.1) is 0 Å². The van der Waals surface area contributed by atoms with Crippen molar-refractivity contribution < 1.29 is 18.0 Å². The van der Waals surface area contributed by atoms with E-state index in [0.717, 1.165) is 34.4 Å². The van der Waals surface area contributed by atoms with Crippen LogP contribution in [0.3, 0.4) is 0 Å². The van der Waals surface area contributed by atoms with Crippen molar-refractivity contribution in [1.29, 1.82) is 0 Å². The number of halogens is 3. The molecule has 3 rings (SSSR count). The van der Waals surface area contributed by atoms with E-state index in [1.54, 1.807) is 19.1 Å². The minimum Gasteiger partial charge on any atom is -0.279 e. The third-order valence-corrected chi connectivity index (χ3v) is 4.83. The average molecular weight is 390 g/mol. The van der Waals surface area contributed by atoms with Crippen LogP contribution in [0.1, 0.15) is 32.9 Å². The van der Waals surface area contributed by atoms with Gasteiger partial charge in [-0.2, -0.15) is 18.3 Å². The zero-order valence-corrected chi connectivity index (χ0v) is 15.6. The molecule has 0 atom stereocenters. The van der Waals surface area contributed by atoms with Gasteiger partial charge >= 0.3 is 6.18 Å². The highest BCUT2D eigenvalue weighted by Gasteiger charge is 2.30. The topological polar surface area (TPSA) is 34.9 Å². The Morgan fingerprint density at radius 3 is 2.44 bits per heavy atom. The number of nitrogens with zero attached hydrogens (tertiary/aromatic N) is 2. The minimum atomic E-state index is -4.41. The van der Waals surface area contributed by atoms with E-state index in [1.165, 1.54) is 10.7 Å². The van der Waals surface area contributed by atoms with Gasteiger partial charge in [-0.1, -0.05) is 29.8 Å². The molecule has 7 heteroatoms. The lowest BCUT2D eigenvalue weighted by atomic mass is 10.1. The Bertz CT molecular complexity index is 962. The van der Waals surface area contributed by atoms with E-state index in [-0.39, 0.29) is 11.7 Å². The summed E-state index contributed by atoms with van der Waals surface area (Å²) < 4.78 is 40.2. The van der Waals surface area contributed by atoms with Crippen molar-refractivity contribution in [2.45, 2.75) is 31.5 Å². The number of rotatable bonds is 4. The Kier molecular flexibility index (Phi) is 5.41. The molecular formula is C20H17F3N2OS. The first-order valence-electron chi connectivity index (χ1n) is 8.22. The predicted octanol–water partition coefficient (Wildman–Crippen LogP) is 5.50. The molecule has 0 saturated heterocycles. The summed E-state index contributed by atoms with van der Waals surface area (Å²) in [5, 5.41) is 4.07. The molecule has 0 bridgehead atoms. The molecule has 0 unspecified atom stereocenters. The third-order valence-electron chi connectivity index (χ3n) is 3.93. The smallest absolute Gasteiger partial charge is 0.279 e. The molecule has 0 aliphatic rings. The monoisotopic (exact) mass is 390 g/mol. The van der Waals surface area contributed by atoms with Crippen LogP contribution in [-0.4, -0.2) is 14.9 Å². The van der Waals surface area contributed by atoms with Gasteiger partial charge in [-0.05, 0) is 61.5 Å². The number of hydrogen-bond acceptors (Lipinski definition) is 3. The molecule has 0 fully saturated rings. The lowest BCUT2D eigenvalue weighted by Crippen LogP contribution is -2.11. The van der Waals surface area contributed by atoms with Gasteiger partial charge in [0.05, 0.1) is 17.8 Å². The summed E-state index contributed by atoms with van der Waals surface area (Å²) in [5.74, 6) is 0. The molecule has 0 N–H and O–H groups in total. The average Bonchev–Trinajstić information content (AvgIpc) is 2.97. The number of thioether (sulfide) groups is 1. The SMILES string of the molecule is Cc1ccc(SC(=O)c2cc(C)nn2Cc2cccc(C(F)(F)F)c2)cc1. The summed E-state index contributed by atoms with van der Waals surface area (Å²) >= 11 is 1.07. The zero-order chi connectivity index (χ0) is 19.6. The lowest BCUT2D eigenvalue weighted by molar-refractivity contribution is -0.137. The van der Waals surface area contributed by atoms with Gasteiger partial charge in [-0.25, -0.2) is 0 Å². The van der Waals surface area contributed by atoms with Crippen LogP contribution in [0.5, 0.6) is 0 Å². The highest BCUT2D eigenvalue weighted by molar-refractivity contribution is 8.14. The number of carbonyl (C=O) groups excluding carboxylic acids is 1. The normalized spacial score (nSPS) is 11.6. The van der Waals surface area contributed by atoms with Crippen molar-refractivity contribution in [2.75, 3.05) is 0 Å². The molecule has 3 aromatic rings. The predicted molar refractivity (Wildman–Crippen MR) is 98.9 cm³/mol. The van der Waals surface area contributed by atoms with Crippen LogP contribution in [-0.2, 0) is 12.7 Å². The second kappa shape index (κ2) is 7.60. The van der Waals surface area contributed by atoms with Crippen molar-refractivity contribution in [1.82, 2.24) is 9.78 Å². The van der Waals surface area contributed by atoms with Gasteiger partial charge in [-0.3, -0.25) is 9.48 Å². The Morgan fingerprint density at radius 1 is 1.07 bits per heavy atom. The minimum absolute atomic E-state index is 0.0906. The van der Waals surface area contributed by atoms with Crippen molar-refractivity contribution in [3.63, 3.8) is 0 Å². The van der Waals surface area contributed by atoms with Crippen LogP contribution in [0.15, 0.2) is 59.5 Å². The number of benzene rings is 2. The number of aryl methyl sites for hydroxylation is 2. The zero-order valence-electron chi connectivity index (χ0n) is 14.7. The number of alkyl halides is 3. The maximum absolute atomic E-state index is 12.9. The van der Waals surface area contributed by atoms with Gasteiger partial charge in [0, 0.05) is 4.90 Å². The Balaban J connectivity index is 1.84. The summed E-state index contributed by atoms with van der Waals surface area (Å²) in [6.45, 7) is 3.80. The van der Waals surface area contributed by atoms with Crippen molar-refractivity contribution >= 4 is 16.9 Å². The lowest BCUT2D eigenvalue weighted by Gasteiger charge is -2.10. The van der Waals surface area contributed by atoms with Gasteiger partial charge in [0.25, 0.3) is 0 Å². The standard InChI is InChI=1S/C20H17F3N2OS/c1-13-6-8-17(9-7-13)27-19(26)18-10-14(2)24-25(18)12-15-4-3-5-16(11-15)20(21,22)23/h3-11H,12H2,1-2H3. The number of aromatic nitrogens is 2. The number of carbonyl (C=O) groups is 1. The van der Waals surface area contributed by atoms with Crippen LogP contribution in [0.4, 0.5) is 13.2 Å². The molecule has 1 aromatic heterocycles. The maximum Gasteiger partial charge on any atom is 0.416 e. The molecule has 27 heavy (non-hydrogen) atoms. The summed E-state index contributed by atoms with van der Waals surface area (Å²) in [7, 11) is 0. The van der Waals surface area contributed by atoms with Crippen molar-refractivity contribution in [3.05, 3.63) is 82.7 Å². The van der Waals surface area contributed by atoms with Crippen molar-refractivity contribution in [3.8, 4) is 0 Å². The molecule has 3 nitrogen and oxygen atoms in total. The Morgan fingerprint density at radius 2 is 1.78 bits per heavy atom. The van der Waals surface area contributed by atoms with E-state index in [2.05, 4.69) is 5.10 Å². The van der Waals surface area contributed by atoms with Gasteiger partial charge < -0.3 is 0 Å². The van der Waals surface area contributed by atoms with E-state index < -0.39 is 11.7 Å². The molecular weight excluding hydrogens is 373 g/mol. The van der Waals surface area contributed by atoms with Gasteiger partial charge in [0.15, 0.2) is 0 Å². The van der Waals surface area contributed by atoms with Gasteiger partial charge in [0.2, 0.25) is 5.12 Å². The summed E-state index contributed by atoms with van der Waals surface area (Å²) in [5.41, 5.74) is 1.80. The highest BCUT2D eigenvalue weighted by Crippen LogP contribution is 2.30. The fraction of sp³-hybridized carbons (Fsp3) is 0.200. The van der Waals surface area contributed by atoms with E-state index in [9.17, 15) is 18.0 Å². The molecule has 0 aliphatic carbocycles.